The van der Waals surface area contributed by atoms with E-state index in [1.54, 1.807) is 36.2 Å². The van der Waals surface area contributed by atoms with Crippen LogP contribution >= 0.6 is 0 Å². The number of carboxylic acids is 1. The third-order valence-electron chi connectivity index (χ3n) is 5.30. The van der Waals surface area contributed by atoms with Gasteiger partial charge in [0.05, 0.1) is 23.5 Å². The first-order valence-corrected chi connectivity index (χ1v) is 9.14. The number of rotatable bonds is 4. The highest BCUT2D eigenvalue weighted by Gasteiger charge is 2.28. The Kier molecular flexibility index (Phi) is 5.48. The smallest absolute Gasteiger partial charge is 0.306 e. The maximum atomic E-state index is 12.9. The van der Waals surface area contributed by atoms with Crippen molar-refractivity contribution in [2.45, 2.75) is 12.8 Å². The van der Waals surface area contributed by atoms with E-state index in [1.165, 1.54) is 22.6 Å². The van der Waals surface area contributed by atoms with Crippen LogP contribution in [-0.2, 0) is 16.6 Å². The molecule has 1 saturated heterocycles. The van der Waals surface area contributed by atoms with Crippen LogP contribution in [0.1, 0.15) is 23.2 Å². The van der Waals surface area contributed by atoms with Crippen molar-refractivity contribution in [1.82, 2.24) is 14.4 Å². The summed E-state index contributed by atoms with van der Waals surface area (Å²) in [4.78, 5) is 51.6. The van der Waals surface area contributed by atoms with Gasteiger partial charge in [-0.1, -0.05) is 18.2 Å². The van der Waals surface area contributed by atoms with Crippen LogP contribution in [0, 0.1) is 5.92 Å². The van der Waals surface area contributed by atoms with Gasteiger partial charge in [-0.2, -0.15) is 0 Å². The number of aryl methyl sites for hydroxylation is 1. The van der Waals surface area contributed by atoms with Gasteiger partial charge in [0.25, 0.3) is 11.5 Å². The van der Waals surface area contributed by atoms with Crippen molar-refractivity contribution in [2.24, 2.45) is 13.0 Å². The second-order valence-corrected chi connectivity index (χ2v) is 7.13. The van der Waals surface area contributed by atoms with Gasteiger partial charge in [0.15, 0.2) is 0 Å². The van der Waals surface area contributed by atoms with E-state index >= 15 is 0 Å². The minimum atomic E-state index is -0.836. The molecule has 0 aliphatic carbocycles. The Balaban J connectivity index is 1.74. The van der Waals surface area contributed by atoms with Crippen molar-refractivity contribution in [1.29, 1.82) is 0 Å². The fourth-order valence-corrected chi connectivity index (χ4v) is 3.54. The number of aromatic nitrogens is 1. The molecular weight excluding hydrogens is 362 g/mol. The lowest BCUT2D eigenvalue weighted by Gasteiger charge is -2.31. The van der Waals surface area contributed by atoms with Crippen LogP contribution in [0.25, 0.3) is 10.9 Å². The van der Waals surface area contributed by atoms with Gasteiger partial charge in [0.2, 0.25) is 5.91 Å². The van der Waals surface area contributed by atoms with Gasteiger partial charge in [-0.25, -0.2) is 0 Å². The molecule has 1 aromatic carbocycles. The molecular formula is C20H23N3O5. The number of hydrogen-bond donors (Lipinski definition) is 1. The molecule has 2 heterocycles. The average Bonchev–Trinajstić information content (AvgIpc) is 2.70. The molecule has 1 aromatic heterocycles. The van der Waals surface area contributed by atoms with Crippen molar-refractivity contribution >= 4 is 28.7 Å². The lowest BCUT2D eigenvalue weighted by molar-refractivity contribution is -0.145. The summed E-state index contributed by atoms with van der Waals surface area (Å²) in [6, 6.07) is 8.43. The number of likely N-dealkylation sites (tertiary alicyclic amines) is 1. The molecule has 0 unspecified atom stereocenters. The predicted molar refractivity (Wildman–Crippen MR) is 103 cm³/mol. The number of hydrogen-bond acceptors (Lipinski definition) is 4. The van der Waals surface area contributed by atoms with Crippen molar-refractivity contribution in [3.05, 3.63) is 46.2 Å². The number of amides is 2. The van der Waals surface area contributed by atoms with Crippen molar-refractivity contribution in [3.63, 3.8) is 0 Å². The largest absolute Gasteiger partial charge is 0.481 e. The third-order valence-corrected chi connectivity index (χ3v) is 5.30. The molecule has 8 heteroatoms. The van der Waals surface area contributed by atoms with Gasteiger partial charge >= 0.3 is 5.97 Å². The van der Waals surface area contributed by atoms with E-state index in [9.17, 15) is 19.2 Å². The van der Waals surface area contributed by atoms with E-state index in [1.807, 2.05) is 0 Å². The lowest BCUT2D eigenvalue weighted by Crippen LogP contribution is -2.45. The summed E-state index contributed by atoms with van der Waals surface area (Å²) in [5.41, 5.74) is 0.616. The van der Waals surface area contributed by atoms with Crippen molar-refractivity contribution in [2.75, 3.05) is 26.7 Å². The topological polar surface area (TPSA) is 99.9 Å². The van der Waals surface area contributed by atoms with Gasteiger partial charge in [-0.3, -0.25) is 19.2 Å². The lowest BCUT2D eigenvalue weighted by atomic mass is 9.97. The molecule has 3 rings (SSSR count). The normalized spacial score (nSPS) is 14.9. The Morgan fingerprint density at radius 2 is 1.82 bits per heavy atom. The number of piperidine rings is 1. The van der Waals surface area contributed by atoms with Gasteiger partial charge in [0, 0.05) is 38.6 Å². The Hall–Kier alpha value is -3.16. The maximum Gasteiger partial charge on any atom is 0.306 e. The molecule has 0 bridgehead atoms. The van der Waals surface area contributed by atoms with Crippen molar-refractivity contribution < 1.29 is 19.5 Å². The van der Waals surface area contributed by atoms with E-state index in [-0.39, 0.29) is 23.6 Å². The molecule has 8 nitrogen and oxygen atoms in total. The highest BCUT2D eigenvalue weighted by atomic mass is 16.4. The molecule has 28 heavy (non-hydrogen) atoms. The monoisotopic (exact) mass is 385 g/mol. The standard InChI is InChI=1S/C20H23N3O5/c1-21(12-18(25)23-9-7-13(8-10-23)20(27)28)19(26)15-11-17(24)22(2)16-6-4-3-5-14(15)16/h3-6,11,13H,7-10,12H2,1-2H3,(H,27,28). The van der Waals surface area contributed by atoms with Crippen LogP contribution in [0.15, 0.2) is 35.1 Å². The zero-order valence-corrected chi connectivity index (χ0v) is 15.9. The van der Waals surface area contributed by atoms with Crippen LogP contribution in [-0.4, -0.2) is 63.9 Å². The fourth-order valence-electron chi connectivity index (χ4n) is 3.54. The minimum absolute atomic E-state index is 0.125. The highest BCUT2D eigenvalue weighted by molar-refractivity contribution is 6.06. The second-order valence-electron chi connectivity index (χ2n) is 7.13. The molecule has 2 aromatic rings. The summed E-state index contributed by atoms with van der Waals surface area (Å²) in [7, 11) is 3.17. The van der Waals surface area contributed by atoms with Crippen LogP contribution in [0.3, 0.4) is 0 Å². The number of nitrogens with zero attached hydrogens (tertiary/aromatic N) is 3. The number of carbonyl (C=O) groups excluding carboxylic acids is 2. The summed E-state index contributed by atoms with van der Waals surface area (Å²) < 4.78 is 1.48. The molecule has 1 fully saturated rings. The number of carboxylic acid groups (broad SMARTS) is 1. The summed E-state index contributed by atoms with van der Waals surface area (Å²) >= 11 is 0. The molecule has 2 amide bonds. The first kappa shape index (κ1) is 19.6. The SMILES string of the molecule is CN(CC(=O)N1CCC(C(=O)O)CC1)C(=O)c1cc(=O)n(C)c2ccccc12. The van der Waals surface area contributed by atoms with Crippen LogP contribution in [0.5, 0.6) is 0 Å². The number of para-hydroxylation sites is 1. The number of fused-ring (bicyclic) bond motifs is 1. The first-order chi connectivity index (χ1) is 13.3. The summed E-state index contributed by atoms with van der Waals surface area (Å²) in [5.74, 6) is -1.89. The molecule has 1 aliphatic heterocycles. The van der Waals surface area contributed by atoms with Crippen LogP contribution < -0.4 is 5.56 Å². The number of carbonyl (C=O) groups is 3. The Bertz CT molecular complexity index is 989. The van der Waals surface area contributed by atoms with Gasteiger partial charge in [0.1, 0.15) is 0 Å². The predicted octanol–water partition coefficient (Wildman–Crippen LogP) is 0.934. The average molecular weight is 385 g/mol. The van der Waals surface area contributed by atoms with Gasteiger partial charge in [-0.05, 0) is 18.9 Å². The molecule has 0 saturated carbocycles. The first-order valence-electron chi connectivity index (χ1n) is 9.14. The quantitative estimate of drug-likeness (QED) is 0.844. The van der Waals surface area contributed by atoms with Crippen LogP contribution in [0.2, 0.25) is 0 Å². The molecule has 0 spiro atoms. The molecule has 1 N–H and O–H groups in total. The van der Waals surface area contributed by atoms with E-state index in [4.69, 9.17) is 5.11 Å². The Morgan fingerprint density at radius 1 is 1.18 bits per heavy atom. The zero-order chi connectivity index (χ0) is 20.4. The van der Waals surface area contributed by atoms with E-state index in [0.29, 0.717) is 36.8 Å². The zero-order valence-electron chi connectivity index (χ0n) is 15.9. The van der Waals surface area contributed by atoms with E-state index < -0.39 is 17.8 Å². The summed E-state index contributed by atoms with van der Waals surface area (Å²) in [5, 5.41) is 9.70. The number of benzene rings is 1. The fraction of sp³-hybridized carbons (Fsp3) is 0.400. The number of pyridine rings is 1. The Labute approximate surface area is 162 Å². The van der Waals surface area contributed by atoms with Gasteiger partial charge in [-0.15, -0.1) is 0 Å². The maximum absolute atomic E-state index is 12.9. The number of likely N-dealkylation sites (N-methyl/N-ethyl adjacent to an activating group) is 1. The molecule has 0 atom stereocenters. The second kappa shape index (κ2) is 7.84. The van der Waals surface area contributed by atoms with E-state index in [0.717, 1.165) is 0 Å². The van der Waals surface area contributed by atoms with E-state index in [2.05, 4.69) is 0 Å². The third kappa shape index (κ3) is 3.76. The van der Waals surface area contributed by atoms with Gasteiger partial charge < -0.3 is 19.5 Å². The van der Waals surface area contributed by atoms with Crippen molar-refractivity contribution in [3.8, 4) is 0 Å². The van der Waals surface area contributed by atoms with Crippen LogP contribution in [0.4, 0.5) is 0 Å². The summed E-state index contributed by atoms with van der Waals surface area (Å²) in [6.07, 6.45) is 0.830. The Morgan fingerprint density at radius 3 is 2.46 bits per heavy atom. The highest BCUT2D eigenvalue weighted by Crippen LogP contribution is 2.19. The molecule has 1 aliphatic rings. The molecule has 0 radical (unpaired) electrons. The number of aliphatic carboxylic acids is 1. The minimum Gasteiger partial charge on any atom is -0.481 e. The molecule has 148 valence electrons. The summed E-state index contributed by atoms with van der Waals surface area (Å²) in [6.45, 7) is 0.611.